The maximum atomic E-state index is 12.5. The highest BCUT2D eigenvalue weighted by Gasteiger charge is 2.25. The van der Waals surface area contributed by atoms with Crippen molar-refractivity contribution in [3.63, 3.8) is 0 Å². The van der Waals surface area contributed by atoms with Crippen LogP contribution in [0.2, 0.25) is 0 Å². The lowest BCUT2D eigenvalue weighted by molar-refractivity contribution is -0.116. The van der Waals surface area contributed by atoms with Crippen molar-refractivity contribution in [1.29, 1.82) is 0 Å². The van der Waals surface area contributed by atoms with Crippen LogP contribution in [0.3, 0.4) is 0 Å². The van der Waals surface area contributed by atoms with E-state index in [4.69, 9.17) is 4.79 Å². The molecule has 1 aromatic heterocycles. The first-order chi connectivity index (χ1) is 15.2. The van der Waals surface area contributed by atoms with Crippen LogP contribution >= 0.6 is 11.8 Å². The van der Waals surface area contributed by atoms with E-state index in [1.54, 1.807) is 11.8 Å². The SMILES string of the molecule is NC=O.O=C1CSc2cc(Nc3c[nH]c4ccccc34)ccc2N1Cc1ccccc1. The average Bonchev–Trinajstić information content (AvgIpc) is 3.20. The highest BCUT2D eigenvalue weighted by Crippen LogP contribution is 2.39. The molecule has 31 heavy (non-hydrogen) atoms. The maximum absolute atomic E-state index is 12.5. The van der Waals surface area contributed by atoms with Crippen LogP contribution < -0.4 is 16.0 Å². The molecule has 0 fully saturated rings. The summed E-state index contributed by atoms with van der Waals surface area (Å²) >= 11 is 1.60. The van der Waals surface area contributed by atoms with E-state index in [0.717, 1.165) is 38.4 Å². The number of amides is 2. The first-order valence-corrected chi connectivity index (χ1v) is 10.8. The molecule has 7 heteroatoms. The molecule has 156 valence electrons. The normalized spacial score (nSPS) is 12.6. The van der Waals surface area contributed by atoms with Crippen LogP contribution in [0.1, 0.15) is 5.56 Å². The Morgan fingerprint density at radius 1 is 1.06 bits per heavy atom. The van der Waals surface area contributed by atoms with Crippen molar-refractivity contribution in [3.8, 4) is 0 Å². The zero-order valence-electron chi connectivity index (χ0n) is 16.7. The van der Waals surface area contributed by atoms with Gasteiger partial charge in [-0.05, 0) is 29.8 Å². The van der Waals surface area contributed by atoms with E-state index >= 15 is 0 Å². The van der Waals surface area contributed by atoms with Gasteiger partial charge in [0.25, 0.3) is 0 Å². The van der Waals surface area contributed by atoms with Crippen LogP contribution in [-0.4, -0.2) is 23.1 Å². The summed E-state index contributed by atoms with van der Waals surface area (Å²) in [4.78, 5) is 27.4. The standard InChI is InChI=1S/C23H19N3OS.CH3NO/c27-23-15-28-22-12-17(25-20-13-24-19-9-5-4-8-18(19)20)10-11-21(22)26(23)14-16-6-2-1-3-7-16;2-1-3/h1-13,24-25H,14-15H2;1H,(H2,2,3). The number of carbonyl (C=O) groups excluding carboxylic acids is 2. The summed E-state index contributed by atoms with van der Waals surface area (Å²) in [6, 6.07) is 24.6. The van der Waals surface area contributed by atoms with Crippen molar-refractivity contribution < 1.29 is 9.59 Å². The lowest BCUT2D eigenvalue weighted by Gasteiger charge is -2.29. The zero-order valence-corrected chi connectivity index (χ0v) is 17.6. The summed E-state index contributed by atoms with van der Waals surface area (Å²) in [7, 11) is 0. The van der Waals surface area contributed by atoms with Crippen molar-refractivity contribution in [2.75, 3.05) is 16.0 Å². The molecule has 6 nitrogen and oxygen atoms in total. The minimum Gasteiger partial charge on any atom is -0.372 e. The third kappa shape index (κ3) is 4.57. The molecule has 2 heterocycles. The molecular weight excluding hydrogens is 408 g/mol. The highest BCUT2D eigenvalue weighted by atomic mass is 32.2. The third-order valence-electron chi connectivity index (χ3n) is 4.95. The number of benzene rings is 3. The van der Waals surface area contributed by atoms with E-state index < -0.39 is 0 Å². The van der Waals surface area contributed by atoms with Crippen molar-refractivity contribution >= 4 is 52.0 Å². The number of aromatic nitrogens is 1. The molecule has 0 saturated heterocycles. The number of thioether (sulfide) groups is 1. The van der Waals surface area contributed by atoms with E-state index in [1.165, 1.54) is 0 Å². The Hall–Kier alpha value is -3.71. The smallest absolute Gasteiger partial charge is 0.237 e. The summed E-state index contributed by atoms with van der Waals surface area (Å²) < 4.78 is 0. The molecule has 5 rings (SSSR count). The van der Waals surface area contributed by atoms with Crippen molar-refractivity contribution in [2.24, 2.45) is 5.73 Å². The fourth-order valence-electron chi connectivity index (χ4n) is 3.55. The Morgan fingerprint density at radius 2 is 1.81 bits per heavy atom. The van der Waals surface area contributed by atoms with Gasteiger partial charge < -0.3 is 20.9 Å². The van der Waals surface area contributed by atoms with Crippen LogP contribution in [0.15, 0.2) is 83.9 Å². The number of H-pyrrole nitrogens is 1. The van der Waals surface area contributed by atoms with Gasteiger partial charge in [0.15, 0.2) is 0 Å². The largest absolute Gasteiger partial charge is 0.372 e. The Bertz CT molecular complexity index is 1210. The molecule has 2 amide bonds. The number of nitrogens with two attached hydrogens (primary N) is 1. The Labute approximate surface area is 184 Å². The molecule has 1 aliphatic rings. The van der Waals surface area contributed by atoms with E-state index in [-0.39, 0.29) is 12.3 Å². The topological polar surface area (TPSA) is 91.2 Å². The number of fused-ring (bicyclic) bond motifs is 2. The Morgan fingerprint density at radius 3 is 2.61 bits per heavy atom. The van der Waals surface area contributed by atoms with E-state index in [1.807, 2.05) is 53.6 Å². The predicted octanol–water partition coefficient (Wildman–Crippen LogP) is 4.65. The van der Waals surface area contributed by atoms with Gasteiger partial charge in [0, 0.05) is 27.7 Å². The number of carbonyl (C=O) groups is 2. The van der Waals surface area contributed by atoms with E-state index in [9.17, 15) is 4.79 Å². The number of primary amides is 1. The molecule has 0 unspecified atom stereocenters. The minimum atomic E-state index is 0.152. The summed E-state index contributed by atoms with van der Waals surface area (Å²) in [5.74, 6) is 0.620. The molecule has 0 bridgehead atoms. The van der Waals surface area contributed by atoms with Crippen LogP contribution in [-0.2, 0) is 16.1 Å². The lowest BCUT2D eigenvalue weighted by atomic mass is 10.1. The third-order valence-corrected chi connectivity index (χ3v) is 5.98. The number of para-hydroxylation sites is 1. The van der Waals surface area contributed by atoms with E-state index in [0.29, 0.717) is 12.3 Å². The summed E-state index contributed by atoms with van der Waals surface area (Å²) in [5.41, 5.74) is 9.46. The lowest BCUT2D eigenvalue weighted by Crippen LogP contribution is -2.34. The highest BCUT2D eigenvalue weighted by molar-refractivity contribution is 8.00. The monoisotopic (exact) mass is 430 g/mol. The molecule has 3 aromatic carbocycles. The first kappa shape index (κ1) is 20.6. The maximum Gasteiger partial charge on any atom is 0.237 e. The van der Waals surface area contributed by atoms with Gasteiger partial charge >= 0.3 is 0 Å². The number of nitrogens with one attached hydrogen (secondary N) is 2. The van der Waals surface area contributed by atoms with Gasteiger partial charge in [0.2, 0.25) is 12.3 Å². The van der Waals surface area contributed by atoms with Gasteiger partial charge in [-0.2, -0.15) is 0 Å². The fourth-order valence-corrected chi connectivity index (χ4v) is 4.52. The van der Waals surface area contributed by atoms with Crippen molar-refractivity contribution in [1.82, 2.24) is 4.98 Å². The second-order valence-corrected chi connectivity index (χ2v) is 7.96. The second kappa shape index (κ2) is 9.40. The van der Waals surface area contributed by atoms with E-state index in [2.05, 4.69) is 46.4 Å². The molecule has 4 N–H and O–H groups in total. The Balaban J connectivity index is 0.000000730. The second-order valence-electron chi connectivity index (χ2n) is 6.95. The number of hydrogen-bond donors (Lipinski definition) is 3. The van der Waals surface area contributed by atoms with Gasteiger partial charge in [0.05, 0.1) is 23.7 Å². The van der Waals surface area contributed by atoms with Gasteiger partial charge in [-0.1, -0.05) is 48.5 Å². The molecule has 0 saturated carbocycles. The molecule has 4 aromatic rings. The number of aromatic amines is 1. The van der Waals surface area contributed by atoms with Crippen LogP contribution in [0.5, 0.6) is 0 Å². The first-order valence-electron chi connectivity index (χ1n) is 9.79. The predicted molar refractivity (Wildman–Crippen MR) is 127 cm³/mol. The van der Waals surface area contributed by atoms with Crippen molar-refractivity contribution in [2.45, 2.75) is 11.4 Å². The van der Waals surface area contributed by atoms with Gasteiger partial charge in [-0.3, -0.25) is 9.59 Å². The average molecular weight is 431 g/mol. The quantitative estimate of drug-likeness (QED) is 0.411. The molecule has 0 spiro atoms. The van der Waals surface area contributed by atoms with Gasteiger partial charge in [0.1, 0.15) is 0 Å². The van der Waals surface area contributed by atoms with Crippen LogP contribution in [0.25, 0.3) is 10.9 Å². The summed E-state index contributed by atoms with van der Waals surface area (Å²) in [6.45, 7) is 0.600. The Kier molecular flexibility index (Phi) is 6.24. The molecule has 0 aliphatic carbocycles. The molecule has 0 atom stereocenters. The molecular formula is C24H22N4O2S. The van der Waals surface area contributed by atoms with Crippen molar-refractivity contribution in [3.05, 3.63) is 84.6 Å². The number of nitrogens with zero attached hydrogens (tertiary/aromatic N) is 1. The number of hydrogen-bond acceptors (Lipinski definition) is 4. The molecule has 1 aliphatic heterocycles. The van der Waals surface area contributed by atoms with Gasteiger partial charge in [-0.25, -0.2) is 0 Å². The molecule has 0 radical (unpaired) electrons. The van der Waals surface area contributed by atoms with Gasteiger partial charge in [-0.15, -0.1) is 11.8 Å². The zero-order chi connectivity index (χ0) is 21.6. The van der Waals surface area contributed by atoms with Crippen LogP contribution in [0, 0.1) is 0 Å². The van der Waals surface area contributed by atoms with Crippen LogP contribution in [0.4, 0.5) is 17.1 Å². The number of anilines is 3. The fraction of sp³-hybridized carbons (Fsp3) is 0.0833. The minimum absolute atomic E-state index is 0.152. The number of rotatable bonds is 4. The summed E-state index contributed by atoms with van der Waals surface area (Å²) in [5, 5.41) is 4.67. The summed E-state index contributed by atoms with van der Waals surface area (Å²) in [6.07, 6.45) is 2.24.